The van der Waals surface area contributed by atoms with Crippen LogP contribution in [0, 0.1) is 0 Å². The Morgan fingerprint density at radius 2 is 1.76 bits per heavy atom. The zero-order valence-corrected chi connectivity index (χ0v) is 18.4. The quantitative estimate of drug-likeness (QED) is 0.466. The molecule has 4 rings (SSSR count). The third-order valence-electron chi connectivity index (χ3n) is 5.40. The Labute approximate surface area is 192 Å². The summed E-state index contributed by atoms with van der Waals surface area (Å²) in [6, 6.07) is 16.0. The van der Waals surface area contributed by atoms with E-state index in [2.05, 4.69) is 10.4 Å². The molecule has 1 N–H and O–H groups in total. The van der Waals surface area contributed by atoms with E-state index in [1.807, 2.05) is 0 Å². The predicted octanol–water partition coefficient (Wildman–Crippen LogP) is 3.75. The summed E-state index contributed by atoms with van der Waals surface area (Å²) >= 11 is 0. The standard InChI is InChI=1S/C24H21F3N4O3/c1-30-23-21(22(29-30)15-8-4-3-5-9-15)17(24(25,26)27)12-20(33)31(23)14-19(32)28-13-16-10-6-7-11-18(16)34-2/h3-12H,13-14H2,1-2H3,(H,28,32). The summed E-state index contributed by atoms with van der Waals surface area (Å²) in [6.45, 7) is -0.349. The van der Waals surface area contributed by atoms with Gasteiger partial charge in [-0.2, -0.15) is 18.3 Å². The highest BCUT2D eigenvalue weighted by molar-refractivity contribution is 5.95. The maximum Gasteiger partial charge on any atom is 0.417 e. The number of carbonyl (C=O) groups excluding carboxylic acids is 1. The lowest BCUT2D eigenvalue weighted by molar-refractivity contribution is -0.136. The molecule has 0 atom stereocenters. The maximum absolute atomic E-state index is 13.9. The van der Waals surface area contributed by atoms with Crippen molar-refractivity contribution < 1.29 is 22.7 Å². The smallest absolute Gasteiger partial charge is 0.417 e. The van der Waals surface area contributed by atoms with Gasteiger partial charge in [-0.15, -0.1) is 0 Å². The van der Waals surface area contributed by atoms with Gasteiger partial charge in [0.15, 0.2) is 0 Å². The molecule has 2 aromatic heterocycles. The van der Waals surface area contributed by atoms with Crippen LogP contribution in [0.2, 0.25) is 0 Å². The molecule has 4 aromatic rings. The summed E-state index contributed by atoms with van der Waals surface area (Å²) < 4.78 is 49.2. The first-order chi connectivity index (χ1) is 16.2. The fourth-order valence-electron chi connectivity index (χ4n) is 3.87. The van der Waals surface area contributed by atoms with Crippen molar-refractivity contribution in [2.45, 2.75) is 19.3 Å². The minimum absolute atomic E-state index is 0.0774. The van der Waals surface area contributed by atoms with Crippen molar-refractivity contribution in [1.82, 2.24) is 19.7 Å². The average molecular weight is 470 g/mol. The number of hydrogen-bond acceptors (Lipinski definition) is 4. The minimum Gasteiger partial charge on any atom is -0.496 e. The zero-order valence-electron chi connectivity index (χ0n) is 18.4. The number of methoxy groups -OCH3 is 1. The van der Waals surface area contributed by atoms with Gasteiger partial charge < -0.3 is 10.1 Å². The third-order valence-corrected chi connectivity index (χ3v) is 5.40. The van der Waals surface area contributed by atoms with Crippen LogP contribution in [0.5, 0.6) is 5.75 Å². The van der Waals surface area contributed by atoms with E-state index in [1.54, 1.807) is 54.6 Å². The molecular weight excluding hydrogens is 449 g/mol. The van der Waals surface area contributed by atoms with E-state index < -0.39 is 29.8 Å². The number of nitrogens with one attached hydrogen (secondary N) is 1. The van der Waals surface area contributed by atoms with E-state index >= 15 is 0 Å². The van der Waals surface area contributed by atoms with Crippen molar-refractivity contribution in [3.63, 3.8) is 0 Å². The van der Waals surface area contributed by atoms with E-state index in [0.29, 0.717) is 17.4 Å². The number of aryl methyl sites for hydroxylation is 1. The Morgan fingerprint density at radius 1 is 1.09 bits per heavy atom. The average Bonchev–Trinajstić information content (AvgIpc) is 3.16. The summed E-state index contributed by atoms with van der Waals surface area (Å²) in [7, 11) is 2.95. The molecule has 0 aliphatic rings. The highest BCUT2D eigenvalue weighted by Crippen LogP contribution is 2.38. The molecule has 0 fully saturated rings. The van der Waals surface area contributed by atoms with E-state index in [9.17, 15) is 22.8 Å². The molecule has 0 aliphatic carbocycles. The number of ether oxygens (including phenoxy) is 1. The number of fused-ring (bicyclic) bond motifs is 1. The minimum atomic E-state index is -4.78. The number of alkyl halides is 3. The molecular formula is C24H21F3N4O3. The van der Waals surface area contributed by atoms with Gasteiger partial charge in [-0.3, -0.25) is 18.8 Å². The van der Waals surface area contributed by atoms with E-state index in [0.717, 1.165) is 10.1 Å². The Morgan fingerprint density at radius 3 is 2.44 bits per heavy atom. The van der Waals surface area contributed by atoms with Crippen molar-refractivity contribution in [3.8, 4) is 17.0 Å². The SMILES string of the molecule is COc1ccccc1CNC(=O)Cn1c(=O)cc(C(F)(F)F)c2c(-c3ccccc3)nn(C)c21. The normalized spacial score (nSPS) is 11.6. The van der Waals surface area contributed by atoms with Crippen LogP contribution >= 0.6 is 0 Å². The summed E-state index contributed by atoms with van der Waals surface area (Å²) in [6.07, 6.45) is -4.78. The molecule has 0 spiro atoms. The van der Waals surface area contributed by atoms with Gasteiger partial charge in [0.05, 0.1) is 18.1 Å². The van der Waals surface area contributed by atoms with Crippen LogP contribution in [0.4, 0.5) is 13.2 Å². The van der Waals surface area contributed by atoms with Crippen LogP contribution in [-0.4, -0.2) is 27.4 Å². The van der Waals surface area contributed by atoms with Crippen LogP contribution in [0.15, 0.2) is 65.5 Å². The molecule has 34 heavy (non-hydrogen) atoms. The van der Waals surface area contributed by atoms with Crippen LogP contribution in [0.1, 0.15) is 11.1 Å². The van der Waals surface area contributed by atoms with Gasteiger partial charge >= 0.3 is 6.18 Å². The van der Waals surface area contributed by atoms with E-state index in [4.69, 9.17) is 4.74 Å². The van der Waals surface area contributed by atoms with Gasteiger partial charge in [0.25, 0.3) is 5.56 Å². The lowest BCUT2D eigenvalue weighted by Crippen LogP contribution is -2.33. The molecule has 0 aliphatic heterocycles. The van der Waals surface area contributed by atoms with Crippen molar-refractivity contribution in [2.75, 3.05) is 7.11 Å². The van der Waals surface area contributed by atoms with Crippen molar-refractivity contribution in [1.29, 1.82) is 0 Å². The summed E-state index contributed by atoms with van der Waals surface area (Å²) in [4.78, 5) is 25.4. The van der Waals surface area contributed by atoms with Gasteiger partial charge in [-0.1, -0.05) is 48.5 Å². The Kier molecular flexibility index (Phi) is 6.14. The number of hydrogen-bond donors (Lipinski definition) is 1. The topological polar surface area (TPSA) is 78.2 Å². The summed E-state index contributed by atoms with van der Waals surface area (Å²) in [5.41, 5.74) is -0.876. The summed E-state index contributed by atoms with van der Waals surface area (Å²) in [5, 5.41) is 6.72. The molecule has 0 saturated heterocycles. The lowest BCUT2D eigenvalue weighted by Gasteiger charge is -2.14. The first kappa shape index (κ1) is 23.1. The van der Waals surface area contributed by atoms with Gasteiger partial charge in [-0.25, -0.2) is 0 Å². The number of aromatic nitrogens is 3. The molecule has 10 heteroatoms. The van der Waals surface area contributed by atoms with E-state index in [1.165, 1.54) is 18.8 Å². The third kappa shape index (κ3) is 4.39. The number of para-hydroxylation sites is 1. The highest BCUT2D eigenvalue weighted by Gasteiger charge is 2.37. The van der Waals surface area contributed by atoms with Crippen molar-refractivity contribution in [3.05, 3.63) is 82.1 Å². The highest BCUT2D eigenvalue weighted by atomic mass is 19.4. The van der Waals surface area contributed by atoms with Crippen LogP contribution < -0.4 is 15.6 Å². The number of halogens is 3. The summed E-state index contributed by atoms with van der Waals surface area (Å²) in [5.74, 6) is 0.0348. The first-order valence-electron chi connectivity index (χ1n) is 10.3. The maximum atomic E-state index is 13.9. The molecule has 2 aromatic carbocycles. The molecule has 7 nitrogen and oxygen atoms in total. The number of benzene rings is 2. The van der Waals surface area contributed by atoms with Crippen LogP contribution in [-0.2, 0) is 31.1 Å². The zero-order chi connectivity index (χ0) is 24.5. The molecule has 0 bridgehead atoms. The Bertz CT molecular complexity index is 1410. The predicted molar refractivity (Wildman–Crippen MR) is 120 cm³/mol. The first-order valence-corrected chi connectivity index (χ1v) is 10.3. The number of carbonyl (C=O) groups is 1. The molecule has 1 amide bonds. The number of nitrogens with zero attached hydrogens (tertiary/aromatic N) is 3. The van der Waals surface area contributed by atoms with Crippen LogP contribution in [0.25, 0.3) is 22.3 Å². The number of pyridine rings is 1. The fourth-order valence-corrected chi connectivity index (χ4v) is 3.87. The van der Waals surface area contributed by atoms with Crippen molar-refractivity contribution >= 4 is 16.9 Å². The molecule has 2 heterocycles. The van der Waals surface area contributed by atoms with Gasteiger partial charge in [0.2, 0.25) is 5.91 Å². The largest absolute Gasteiger partial charge is 0.496 e. The van der Waals surface area contributed by atoms with Gasteiger partial charge in [0, 0.05) is 30.8 Å². The molecule has 0 saturated carbocycles. The Hall–Kier alpha value is -4.08. The van der Waals surface area contributed by atoms with Crippen molar-refractivity contribution in [2.24, 2.45) is 7.05 Å². The molecule has 0 radical (unpaired) electrons. The molecule has 176 valence electrons. The van der Waals surface area contributed by atoms with Crippen LogP contribution in [0.3, 0.4) is 0 Å². The monoisotopic (exact) mass is 470 g/mol. The second-order valence-electron chi connectivity index (χ2n) is 7.61. The molecule has 0 unspecified atom stereocenters. The van der Waals surface area contributed by atoms with Gasteiger partial charge in [0.1, 0.15) is 23.6 Å². The second kappa shape index (κ2) is 9.05. The second-order valence-corrected chi connectivity index (χ2v) is 7.61. The number of rotatable bonds is 6. The Balaban J connectivity index is 1.76. The fraction of sp³-hybridized carbons (Fsp3) is 0.208. The lowest BCUT2D eigenvalue weighted by atomic mass is 10.0. The van der Waals surface area contributed by atoms with Gasteiger partial charge in [-0.05, 0) is 6.07 Å². The van der Waals surface area contributed by atoms with E-state index in [-0.39, 0.29) is 23.3 Å². The number of amides is 1.